The molecule has 0 atom stereocenters. The van der Waals surface area contributed by atoms with Crippen LogP contribution < -0.4 is 9.47 Å². The van der Waals surface area contributed by atoms with E-state index in [1.165, 1.54) is 7.11 Å². The third kappa shape index (κ3) is 3.93. The summed E-state index contributed by atoms with van der Waals surface area (Å²) < 4.78 is 18.0. The Hall–Kier alpha value is -4.38. The molecule has 0 spiro atoms. The first-order valence-electron chi connectivity index (χ1n) is 11.8. The fraction of sp³-hybridized carbons (Fsp3) is 0.161. The van der Waals surface area contributed by atoms with Crippen molar-refractivity contribution in [1.29, 1.82) is 0 Å². The molecule has 0 saturated carbocycles. The van der Waals surface area contributed by atoms with E-state index in [9.17, 15) is 9.59 Å². The van der Waals surface area contributed by atoms with Gasteiger partial charge in [-0.3, -0.25) is 4.79 Å². The van der Waals surface area contributed by atoms with Crippen LogP contribution in [0.2, 0.25) is 0 Å². The number of carbonyl (C=O) groups excluding carboxylic acids is 2. The summed E-state index contributed by atoms with van der Waals surface area (Å²) in [5.41, 5.74) is 1.23. The molecule has 1 aliphatic rings. The molecule has 0 fully saturated rings. The average molecular weight is 479 g/mol. The molecule has 180 valence electrons. The first-order chi connectivity index (χ1) is 17.4. The molecule has 0 saturated heterocycles. The van der Waals surface area contributed by atoms with E-state index in [0.717, 1.165) is 21.9 Å². The number of carbonyl (C=O) groups is 2. The molecule has 1 heterocycles. The van der Waals surface area contributed by atoms with E-state index in [1.54, 1.807) is 26.0 Å². The molecule has 5 rings (SSSR count). The normalized spacial score (nSPS) is 13.9. The minimum atomic E-state index is -1.12. The Morgan fingerprint density at radius 1 is 0.833 bits per heavy atom. The van der Waals surface area contributed by atoms with E-state index in [4.69, 9.17) is 14.2 Å². The van der Waals surface area contributed by atoms with Gasteiger partial charge < -0.3 is 14.2 Å². The van der Waals surface area contributed by atoms with Crippen LogP contribution in [0.25, 0.3) is 16.3 Å². The van der Waals surface area contributed by atoms with E-state index in [-0.39, 0.29) is 17.2 Å². The van der Waals surface area contributed by atoms with Gasteiger partial charge in [0.2, 0.25) is 0 Å². The van der Waals surface area contributed by atoms with Crippen molar-refractivity contribution in [3.05, 3.63) is 114 Å². The molecule has 0 aromatic heterocycles. The molecular formula is C31H26O5. The zero-order chi connectivity index (χ0) is 25.3. The van der Waals surface area contributed by atoms with Crippen molar-refractivity contribution in [2.24, 2.45) is 5.92 Å². The van der Waals surface area contributed by atoms with E-state index in [2.05, 4.69) is 0 Å². The van der Waals surface area contributed by atoms with Gasteiger partial charge in [0, 0.05) is 16.5 Å². The van der Waals surface area contributed by atoms with Crippen LogP contribution in [0.5, 0.6) is 11.5 Å². The summed E-state index contributed by atoms with van der Waals surface area (Å²) in [7, 11) is 1.34. The number of hydrogen-bond donors (Lipinski definition) is 0. The van der Waals surface area contributed by atoms with Crippen LogP contribution in [0.15, 0.2) is 97.1 Å². The summed E-state index contributed by atoms with van der Waals surface area (Å²) in [6.45, 7) is 3.53. The molecule has 0 bridgehead atoms. The lowest BCUT2D eigenvalue weighted by atomic mass is 9.80. The maximum Gasteiger partial charge on any atom is 0.338 e. The van der Waals surface area contributed by atoms with E-state index >= 15 is 0 Å². The standard InChI is InChI=1S/C31H26O5/c1-20(2)29(32)35-26-18-21-12-10-11-17-24(21)28-27(26)25(30(33)34-3)19-31(36-28,22-13-6-4-7-14-22)23-15-8-5-9-16-23/h4-20H,1-3H3. The molecule has 0 N–H and O–H groups in total. The predicted octanol–water partition coefficient (Wildman–Crippen LogP) is 6.29. The van der Waals surface area contributed by atoms with Gasteiger partial charge >= 0.3 is 11.9 Å². The summed E-state index contributed by atoms with van der Waals surface area (Å²) in [6, 6.07) is 28.9. The number of methoxy groups -OCH3 is 1. The zero-order valence-corrected chi connectivity index (χ0v) is 20.4. The summed E-state index contributed by atoms with van der Waals surface area (Å²) in [6.07, 6.45) is 1.77. The van der Waals surface area contributed by atoms with Crippen molar-refractivity contribution in [1.82, 2.24) is 0 Å². The summed E-state index contributed by atoms with van der Waals surface area (Å²) in [5, 5.41) is 1.62. The smallest absolute Gasteiger partial charge is 0.338 e. The topological polar surface area (TPSA) is 61.8 Å². The van der Waals surface area contributed by atoms with Crippen LogP contribution in [0.3, 0.4) is 0 Å². The zero-order valence-electron chi connectivity index (χ0n) is 20.4. The highest BCUT2D eigenvalue weighted by Crippen LogP contribution is 2.51. The lowest BCUT2D eigenvalue weighted by molar-refractivity contribution is -0.138. The maximum atomic E-state index is 13.3. The minimum absolute atomic E-state index is 0.258. The molecule has 36 heavy (non-hydrogen) atoms. The highest BCUT2D eigenvalue weighted by molar-refractivity contribution is 6.20. The van der Waals surface area contributed by atoms with Gasteiger partial charge in [-0.15, -0.1) is 0 Å². The summed E-state index contributed by atoms with van der Waals surface area (Å²) in [5.74, 6) is -0.591. The number of hydrogen-bond acceptors (Lipinski definition) is 5. The molecule has 0 amide bonds. The average Bonchev–Trinajstić information content (AvgIpc) is 2.92. The van der Waals surface area contributed by atoms with Crippen LogP contribution >= 0.6 is 0 Å². The lowest BCUT2D eigenvalue weighted by Crippen LogP contribution is -2.36. The second kappa shape index (κ2) is 9.34. The first-order valence-corrected chi connectivity index (χ1v) is 11.8. The molecule has 0 radical (unpaired) electrons. The third-order valence-electron chi connectivity index (χ3n) is 6.34. The van der Waals surface area contributed by atoms with Crippen LogP contribution in [0, 0.1) is 5.92 Å². The number of esters is 2. The molecule has 0 aliphatic carbocycles. The Kier molecular flexibility index (Phi) is 6.06. The Balaban J connectivity index is 1.88. The minimum Gasteiger partial charge on any atom is -0.472 e. The SMILES string of the molecule is COC(=O)C1=CC(c2ccccc2)(c2ccccc2)Oc2c1c(OC(=O)C(C)C)cc1ccccc21. The summed E-state index contributed by atoms with van der Waals surface area (Å²) >= 11 is 0. The van der Waals surface area contributed by atoms with Gasteiger partial charge in [0.15, 0.2) is 5.60 Å². The van der Waals surface area contributed by atoms with Gasteiger partial charge in [-0.05, 0) is 17.5 Å². The highest BCUT2D eigenvalue weighted by atomic mass is 16.5. The predicted molar refractivity (Wildman–Crippen MR) is 139 cm³/mol. The van der Waals surface area contributed by atoms with Crippen molar-refractivity contribution >= 4 is 28.3 Å². The maximum absolute atomic E-state index is 13.3. The van der Waals surface area contributed by atoms with Gasteiger partial charge in [-0.1, -0.05) is 98.8 Å². The van der Waals surface area contributed by atoms with Crippen molar-refractivity contribution < 1.29 is 23.8 Å². The molecule has 0 unspecified atom stereocenters. The molecule has 4 aromatic rings. The second-order valence-electron chi connectivity index (χ2n) is 9.00. The van der Waals surface area contributed by atoms with Crippen LogP contribution in [-0.4, -0.2) is 19.0 Å². The van der Waals surface area contributed by atoms with E-state index in [1.807, 2.05) is 84.9 Å². The fourth-order valence-corrected chi connectivity index (χ4v) is 4.52. The Morgan fingerprint density at radius 2 is 1.42 bits per heavy atom. The summed E-state index contributed by atoms with van der Waals surface area (Å²) in [4.78, 5) is 26.0. The van der Waals surface area contributed by atoms with Crippen LogP contribution in [0.1, 0.15) is 30.5 Å². The third-order valence-corrected chi connectivity index (χ3v) is 6.34. The van der Waals surface area contributed by atoms with Crippen LogP contribution in [0.4, 0.5) is 0 Å². The Labute approximate surface area is 209 Å². The molecular weight excluding hydrogens is 452 g/mol. The van der Waals surface area contributed by atoms with Crippen molar-refractivity contribution in [2.75, 3.05) is 7.11 Å². The highest BCUT2D eigenvalue weighted by Gasteiger charge is 2.43. The number of fused-ring (bicyclic) bond motifs is 3. The van der Waals surface area contributed by atoms with Gasteiger partial charge in [0.05, 0.1) is 24.2 Å². The molecule has 4 aromatic carbocycles. The number of rotatable bonds is 5. The van der Waals surface area contributed by atoms with Crippen molar-refractivity contribution in [3.63, 3.8) is 0 Å². The molecule has 1 aliphatic heterocycles. The van der Waals surface area contributed by atoms with Gasteiger partial charge in [-0.2, -0.15) is 0 Å². The van der Waals surface area contributed by atoms with Gasteiger partial charge in [-0.25, -0.2) is 4.79 Å². The molecule has 5 nitrogen and oxygen atoms in total. The fourth-order valence-electron chi connectivity index (χ4n) is 4.52. The van der Waals surface area contributed by atoms with E-state index < -0.39 is 17.5 Å². The Bertz CT molecular complexity index is 1430. The van der Waals surface area contributed by atoms with Crippen molar-refractivity contribution in [3.8, 4) is 11.5 Å². The number of benzene rings is 4. The number of ether oxygens (including phenoxy) is 3. The Morgan fingerprint density at radius 3 is 2.00 bits per heavy atom. The lowest BCUT2D eigenvalue weighted by Gasteiger charge is -2.38. The molecule has 5 heteroatoms. The first kappa shape index (κ1) is 23.4. The van der Waals surface area contributed by atoms with E-state index in [0.29, 0.717) is 11.3 Å². The quantitative estimate of drug-likeness (QED) is 0.249. The van der Waals surface area contributed by atoms with Gasteiger partial charge in [0.25, 0.3) is 0 Å². The largest absolute Gasteiger partial charge is 0.472 e. The van der Waals surface area contributed by atoms with Gasteiger partial charge in [0.1, 0.15) is 11.5 Å². The second-order valence-corrected chi connectivity index (χ2v) is 9.00. The monoisotopic (exact) mass is 478 g/mol. The van der Waals surface area contributed by atoms with Crippen LogP contribution in [-0.2, 0) is 19.9 Å². The van der Waals surface area contributed by atoms with Crippen molar-refractivity contribution in [2.45, 2.75) is 19.4 Å².